The average molecular weight is 165 g/mol. The molecule has 0 saturated heterocycles. The number of hydrogen-bond donors (Lipinski definition) is 2. The first kappa shape index (κ1) is 8.67. The number of hydrogen-bond acceptors (Lipinski definition) is 3. The van der Waals surface area contributed by atoms with Crippen molar-refractivity contribution in [2.24, 2.45) is 11.5 Å². The summed E-state index contributed by atoms with van der Waals surface area (Å²) in [6.07, 6.45) is 3.44. The lowest BCUT2D eigenvalue weighted by atomic mass is 10.1. The summed E-state index contributed by atoms with van der Waals surface area (Å²) < 4.78 is 0. The predicted octanol–water partition coefficient (Wildman–Crippen LogP) is -0.0432. The lowest BCUT2D eigenvalue weighted by molar-refractivity contribution is -0.118. The second-order valence-corrected chi connectivity index (χ2v) is 2.56. The predicted molar refractivity (Wildman–Crippen MR) is 45.0 cm³/mol. The smallest absolute Gasteiger partial charge is 0.219 e. The maximum absolute atomic E-state index is 10.5. The largest absolute Gasteiger partial charge is 0.370 e. The highest BCUT2D eigenvalue weighted by Crippen LogP contribution is 2.10. The van der Waals surface area contributed by atoms with Crippen molar-refractivity contribution in [3.05, 3.63) is 30.1 Å². The number of nitrogens with zero attached hydrogens (tertiary/aromatic N) is 1. The van der Waals surface area contributed by atoms with Crippen LogP contribution < -0.4 is 11.5 Å². The SMILES string of the molecule is NC(=O)C[C@H](N)c1cccnc1. The molecule has 12 heavy (non-hydrogen) atoms. The minimum atomic E-state index is -0.397. The molecule has 0 aliphatic carbocycles. The van der Waals surface area contributed by atoms with Crippen LogP contribution in [0.5, 0.6) is 0 Å². The molecule has 1 aromatic heterocycles. The van der Waals surface area contributed by atoms with Gasteiger partial charge in [-0.3, -0.25) is 9.78 Å². The Morgan fingerprint density at radius 1 is 1.67 bits per heavy atom. The van der Waals surface area contributed by atoms with Gasteiger partial charge in [-0.2, -0.15) is 0 Å². The third-order valence-electron chi connectivity index (χ3n) is 1.53. The van der Waals surface area contributed by atoms with Gasteiger partial charge in [0.1, 0.15) is 0 Å². The fourth-order valence-corrected chi connectivity index (χ4v) is 0.930. The molecule has 1 atom stereocenters. The molecule has 64 valence electrons. The van der Waals surface area contributed by atoms with Gasteiger partial charge in [0.05, 0.1) is 0 Å². The van der Waals surface area contributed by atoms with Gasteiger partial charge in [-0.05, 0) is 11.6 Å². The Balaban J connectivity index is 2.65. The van der Waals surface area contributed by atoms with Crippen molar-refractivity contribution in [3.63, 3.8) is 0 Å². The van der Waals surface area contributed by atoms with E-state index in [1.807, 2.05) is 6.07 Å². The quantitative estimate of drug-likeness (QED) is 0.659. The second kappa shape index (κ2) is 3.82. The number of nitrogens with two attached hydrogens (primary N) is 2. The highest BCUT2D eigenvalue weighted by molar-refractivity contribution is 5.74. The number of carbonyl (C=O) groups is 1. The summed E-state index contributed by atoms with van der Waals surface area (Å²) in [6.45, 7) is 0. The third kappa shape index (κ3) is 2.32. The maximum atomic E-state index is 10.5. The van der Waals surface area contributed by atoms with Gasteiger partial charge < -0.3 is 11.5 Å². The topological polar surface area (TPSA) is 82.0 Å². The summed E-state index contributed by atoms with van der Waals surface area (Å²) in [7, 11) is 0. The van der Waals surface area contributed by atoms with Crippen LogP contribution in [0.2, 0.25) is 0 Å². The van der Waals surface area contributed by atoms with Crippen molar-refractivity contribution in [2.75, 3.05) is 0 Å². The molecule has 4 heteroatoms. The van der Waals surface area contributed by atoms with E-state index in [0.717, 1.165) is 5.56 Å². The lowest BCUT2D eigenvalue weighted by Crippen LogP contribution is -2.20. The van der Waals surface area contributed by atoms with E-state index >= 15 is 0 Å². The molecule has 0 spiro atoms. The zero-order chi connectivity index (χ0) is 8.97. The maximum Gasteiger partial charge on any atom is 0.219 e. The first-order chi connectivity index (χ1) is 5.70. The summed E-state index contributed by atoms with van der Waals surface area (Å²) in [5.74, 6) is -0.397. The zero-order valence-corrected chi connectivity index (χ0v) is 6.60. The highest BCUT2D eigenvalue weighted by atomic mass is 16.1. The van der Waals surface area contributed by atoms with Crippen molar-refractivity contribution in [3.8, 4) is 0 Å². The highest BCUT2D eigenvalue weighted by Gasteiger charge is 2.07. The van der Waals surface area contributed by atoms with Crippen LogP contribution in [0.4, 0.5) is 0 Å². The van der Waals surface area contributed by atoms with Crippen molar-refractivity contribution in [2.45, 2.75) is 12.5 Å². The molecule has 0 aromatic carbocycles. The molecule has 0 bridgehead atoms. The van der Waals surface area contributed by atoms with E-state index in [1.54, 1.807) is 18.5 Å². The van der Waals surface area contributed by atoms with Crippen molar-refractivity contribution >= 4 is 5.91 Å². The van der Waals surface area contributed by atoms with Gasteiger partial charge in [-0.1, -0.05) is 6.07 Å². The van der Waals surface area contributed by atoms with Crippen LogP contribution in [0.25, 0.3) is 0 Å². The van der Waals surface area contributed by atoms with E-state index in [2.05, 4.69) is 4.98 Å². The van der Waals surface area contributed by atoms with Crippen LogP contribution in [0, 0.1) is 0 Å². The molecule has 0 saturated carbocycles. The Hall–Kier alpha value is -1.42. The number of pyridine rings is 1. The van der Waals surface area contributed by atoms with Gasteiger partial charge in [0, 0.05) is 24.9 Å². The zero-order valence-electron chi connectivity index (χ0n) is 6.60. The molecule has 0 aliphatic heterocycles. The van der Waals surface area contributed by atoms with Crippen LogP contribution in [0.3, 0.4) is 0 Å². The molecule has 0 radical (unpaired) electrons. The average Bonchev–Trinajstić information content (AvgIpc) is 2.05. The standard InChI is InChI=1S/C8H11N3O/c9-7(4-8(10)12)6-2-1-3-11-5-6/h1-3,5,7H,4,9H2,(H2,10,12)/t7-/m0/s1. The molecule has 1 rings (SSSR count). The van der Waals surface area contributed by atoms with E-state index in [0.29, 0.717) is 0 Å². The van der Waals surface area contributed by atoms with E-state index in [1.165, 1.54) is 0 Å². The Labute approximate surface area is 70.6 Å². The molecule has 1 aromatic rings. The Morgan fingerprint density at radius 3 is 2.92 bits per heavy atom. The van der Waals surface area contributed by atoms with Crippen LogP contribution in [0.1, 0.15) is 18.0 Å². The van der Waals surface area contributed by atoms with Crippen molar-refractivity contribution in [1.29, 1.82) is 0 Å². The molecule has 4 nitrogen and oxygen atoms in total. The van der Waals surface area contributed by atoms with Crippen molar-refractivity contribution < 1.29 is 4.79 Å². The minimum absolute atomic E-state index is 0.158. The summed E-state index contributed by atoms with van der Waals surface area (Å²) >= 11 is 0. The molecule has 1 amide bonds. The van der Waals surface area contributed by atoms with Gasteiger partial charge >= 0.3 is 0 Å². The number of carbonyl (C=O) groups excluding carboxylic acids is 1. The van der Waals surface area contributed by atoms with Crippen molar-refractivity contribution in [1.82, 2.24) is 4.98 Å². The van der Waals surface area contributed by atoms with Gasteiger partial charge in [0.15, 0.2) is 0 Å². The molecule has 0 unspecified atom stereocenters. The Bertz CT molecular complexity index is 260. The fourth-order valence-electron chi connectivity index (χ4n) is 0.930. The number of primary amides is 1. The van der Waals surface area contributed by atoms with E-state index in [-0.39, 0.29) is 12.5 Å². The Morgan fingerprint density at radius 2 is 2.42 bits per heavy atom. The van der Waals surface area contributed by atoms with E-state index in [4.69, 9.17) is 11.5 Å². The monoisotopic (exact) mass is 165 g/mol. The number of amides is 1. The Kier molecular flexibility index (Phi) is 2.76. The normalized spacial score (nSPS) is 12.4. The molecular formula is C8H11N3O. The fraction of sp³-hybridized carbons (Fsp3) is 0.250. The molecule has 0 aliphatic rings. The number of aromatic nitrogens is 1. The van der Waals surface area contributed by atoms with E-state index < -0.39 is 5.91 Å². The van der Waals surface area contributed by atoms with Gasteiger partial charge in [0.2, 0.25) is 5.91 Å². The summed E-state index contributed by atoms with van der Waals surface area (Å²) in [6, 6.07) is 3.26. The van der Waals surface area contributed by atoms with Gasteiger partial charge in [-0.15, -0.1) is 0 Å². The van der Waals surface area contributed by atoms with Gasteiger partial charge in [-0.25, -0.2) is 0 Å². The minimum Gasteiger partial charge on any atom is -0.370 e. The molecule has 1 heterocycles. The second-order valence-electron chi connectivity index (χ2n) is 2.56. The summed E-state index contributed by atoms with van der Waals surface area (Å²) in [5.41, 5.74) is 11.5. The van der Waals surface area contributed by atoms with Gasteiger partial charge in [0.25, 0.3) is 0 Å². The van der Waals surface area contributed by atoms with Crippen LogP contribution >= 0.6 is 0 Å². The van der Waals surface area contributed by atoms with Crippen LogP contribution in [-0.4, -0.2) is 10.9 Å². The van der Waals surface area contributed by atoms with Crippen LogP contribution in [0.15, 0.2) is 24.5 Å². The first-order valence-electron chi connectivity index (χ1n) is 3.64. The van der Waals surface area contributed by atoms with E-state index in [9.17, 15) is 4.79 Å². The molecular weight excluding hydrogens is 154 g/mol. The molecule has 0 fully saturated rings. The van der Waals surface area contributed by atoms with Crippen LogP contribution in [-0.2, 0) is 4.79 Å². The summed E-state index contributed by atoms with van der Waals surface area (Å²) in [5, 5.41) is 0. The molecule has 4 N–H and O–H groups in total. The first-order valence-corrected chi connectivity index (χ1v) is 3.64. The lowest BCUT2D eigenvalue weighted by Gasteiger charge is -2.07. The number of rotatable bonds is 3. The summed E-state index contributed by atoms with van der Waals surface area (Å²) in [4.78, 5) is 14.4. The third-order valence-corrected chi connectivity index (χ3v) is 1.53.